The van der Waals surface area contributed by atoms with Crippen LogP contribution in [0.1, 0.15) is 44.6 Å². The van der Waals surface area contributed by atoms with Crippen molar-refractivity contribution in [2.45, 2.75) is 45.8 Å². The van der Waals surface area contributed by atoms with Gasteiger partial charge in [0.15, 0.2) is 0 Å². The first-order chi connectivity index (χ1) is 13.3. The minimum absolute atomic E-state index is 0.0224. The predicted octanol–water partition coefficient (Wildman–Crippen LogP) is 3.79. The largest absolute Gasteiger partial charge is 0.471 e. The molecule has 0 fully saturated rings. The molecular weight excluding hydrogens is 379 g/mol. The van der Waals surface area contributed by atoms with Crippen molar-refractivity contribution in [3.63, 3.8) is 0 Å². The Morgan fingerprint density at radius 1 is 1.14 bits per heavy atom. The fourth-order valence-corrected chi connectivity index (χ4v) is 2.23. The van der Waals surface area contributed by atoms with Gasteiger partial charge in [-0.15, -0.1) is 0 Å². The zero-order valence-corrected chi connectivity index (χ0v) is 15.5. The number of alkyl halides is 3. The van der Waals surface area contributed by atoms with Crippen LogP contribution < -0.4 is 0 Å². The predicted molar refractivity (Wildman–Crippen MR) is 91.4 cm³/mol. The Balaban J connectivity index is 2.12. The lowest BCUT2D eigenvalue weighted by Crippen LogP contribution is -2.36. The molecular formula is C18H20F3N3O4. The number of rotatable bonds is 9. The second-order valence-corrected chi connectivity index (χ2v) is 5.97. The van der Waals surface area contributed by atoms with E-state index in [0.29, 0.717) is 24.0 Å². The number of carbonyl (C=O) groups excluding carboxylic acids is 2. The molecule has 1 heterocycles. The fourth-order valence-electron chi connectivity index (χ4n) is 2.23. The van der Waals surface area contributed by atoms with E-state index in [2.05, 4.69) is 14.7 Å². The van der Waals surface area contributed by atoms with Gasteiger partial charge in [0.05, 0.1) is 13.2 Å². The Kier molecular flexibility index (Phi) is 7.27. The molecule has 2 rings (SSSR count). The number of hydrogen-bond donors (Lipinski definition) is 0. The van der Waals surface area contributed by atoms with Crippen LogP contribution >= 0.6 is 0 Å². The van der Waals surface area contributed by atoms with E-state index in [0.717, 1.165) is 5.06 Å². The molecule has 0 aliphatic carbocycles. The van der Waals surface area contributed by atoms with Crippen molar-refractivity contribution in [2.75, 3.05) is 6.61 Å². The van der Waals surface area contributed by atoms with Crippen LogP contribution in [0.3, 0.4) is 0 Å². The Bertz CT molecular complexity index is 803. The smallest absolute Gasteiger partial charge is 0.329 e. The summed E-state index contributed by atoms with van der Waals surface area (Å²) in [6, 6.07) is 6.16. The number of hydroxylamine groups is 2. The van der Waals surface area contributed by atoms with Crippen LogP contribution in [0.4, 0.5) is 13.2 Å². The van der Waals surface area contributed by atoms with Crippen molar-refractivity contribution in [3.8, 4) is 11.4 Å². The number of halogens is 3. The van der Waals surface area contributed by atoms with Crippen LogP contribution in [0, 0.1) is 0 Å². The number of Topliss-reactive ketones (excluding diaryl/α,β-unsaturated/α-hetero) is 1. The van der Waals surface area contributed by atoms with E-state index >= 15 is 0 Å². The summed E-state index contributed by atoms with van der Waals surface area (Å²) < 4.78 is 41.8. The summed E-state index contributed by atoms with van der Waals surface area (Å²) in [6.07, 6.45) is -3.38. The summed E-state index contributed by atoms with van der Waals surface area (Å²) in [5.41, 5.74) is 0.939. The van der Waals surface area contributed by atoms with E-state index < -0.39 is 23.8 Å². The molecule has 28 heavy (non-hydrogen) atoms. The summed E-state index contributed by atoms with van der Waals surface area (Å²) in [5, 5.41) is 4.32. The van der Waals surface area contributed by atoms with E-state index in [1.807, 2.05) is 6.92 Å². The molecule has 1 amide bonds. The summed E-state index contributed by atoms with van der Waals surface area (Å²) in [5.74, 6) is -2.90. The highest BCUT2D eigenvalue weighted by Gasteiger charge is 2.38. The van der Waals surface area contributed by atoms with Crippen LogP contribution in [-0.2, 0) is 27.1 Å². The number of benzene rings is 1. The molecule has 1 aromatic carbocycles. The monoisotopic (exact) mass is 399 g/mol. The standard InChI is InChI=1S/C18H20F3N3O4/c1-3-5-14(25)16(26)24(27-10-4-2)11-12-6-8-13(9-7-12)15-22-17(28-23-15)18(19,20)21/h6-9H,3-5,10-11H2,1-2H3. The Morgan fingerprint density at radius 2 is 1.82 bits per heavy atom. The van der Waals surface area contributed by atoms with Crippen molar-refractivity contribution >= 4 is 11.7 Å². The molecule has 2 aromatic rings. The molecule has 0 aliphatic heterocycles. The molecule has 0 bridgehead atoms. The summed E-state index contributed by atoms with van der Waals surface area (Å²) in [7, 11) is 0. The molecule has 1 aromatic heterocycles. The molecule has 0 atom stereocenters. The molecule has 0 radical (unpaired) electrons. The first kappa shape index (κ1) is 21.5. The average Bonchev–Trinajstić information content (AvgIpc) is 3.16. The van der Waals surface area contributed by atoms with Gasteiger partial charge < -0.3 is 4.52 Å². The fraction of sp³-hybridized carbons (Fsp3) is 0.444. The minimum atomic E-state index is -4.71. The first-order valence-corrected chi connectivity index (χ1v) is 8.74. The van der Waals surface area contributed by atoms with Gasteiger partial charge in [-0.25, -0.2) is 5.06 Å². The zero-order valence-electron chi connectivity index (χ0n) is 15.5. The lowest BCUT2D eigenvalue weighted by atomic mass is 10.1. The molecule has 10 heteroatoms. The van der Waals surface area contributed by atoms with Crippen LogP contribution in [0.25, 0.3) is 11.4 Å². The summed E-state index contributed by atoms with van der Waals surface area (Å²) >= 11 is 0. The van der Waals surface area contributed by atoms with Gasteiger partial charge in [-0.3, -0.25) is 14.4 Å². The number of nitrogens with zero attached hydrogens (tertiary/aromatic N) is 3. The average molecular weight is 399 g/mol. The molecule has 0 spiro atoms. The van der Waals surface area contributed by atoms with Crippen LogP contribution in [0.15, 0.2) is 28.8 Å². The van der Waals surface area contributed by atoms with E-state index in [4.69, 9.17) is 4.84 Å². The van der Waals surface area contributed by atoms with Crippen molar-refractivity contribution in [1.82, 2.24) is 15.2 Å². The number of hydrogen-bond acceptors (Lipinski definition) is 6. The number of amides is 1. The van der Waals surface area contributed by atoms with Gasteiger partial charge in [0.2, 0.25) is 11.6 Å². The maximum atomic E-state index is 12.5. The quantitative estimate of drug-likeness (QED) is 0.471. The van der Waals surface area contributed by atoms with Gasteiger partial charge in [0.1, 0.15) is 0 Å². The molecule has 0 aliphatic rings. The van der Waals surface area contributed by atoms with E-state index in [1.165, 1.54) is 12.1 Å². The van der Waals surface area contributed by atoms with Crippen molar-refractivity contribution in [2.24, 2.45) is 0 Å². The third-order valence-corrected chi connectivity index (χ3v) is 3.60. The maximum Gasteiger partial charge on any atom is 0.471 e. The second kappa shape index (κ2) is 9.45. The van der Waals surface area contributed by atoms with Gasteiger partial charge in [-0.05, 0) is 18.4 Å². The Hall–Kier alpha value is -2.75. The molecule has 0 N–H and O–H groups in total. The van der Waals surface area contributed by atoms with Crippen molar-refractivity contribution in [1.29, 1.82) is 0 Å². The Morgan fingerprint density at radius 3 is 2.36 bits per heavy atom. The van der Waals surface area contributed by atoms with Gasteiger partial charge in [0, 0.05) is 12.0 Å². The highest BCUT2D eigenvalue weighted by atomic mass is 19.4. The van der Waals surface area contributed by atoms with Crippen LogP contribution in [-0.4, -0.2) is 33.5 Å². The third kappa shape index (κ3) is 5.62. The lowest BCUT2D eigenvalue weighted by Gasteiger charge is -2.21. The highest BCUT2D eigenvalue weighted by molar-refractivity contribution is 6.35. The van der Waals surface area contributed by atoms with E-state index in [-0.39, 0.29) is 25.4 Å². The first-order valence-electron chi connectivity index (χ1n) is 8.74. The third-order valence-electron chi connectivity index (χ3n) is 3.60. The molecule has 152 valence electrons. The number of aromatic nitrogens is 2. The lowest BCUT2D eigenvalue weighted by molar-refractivity contribution is -0.191. The van der Waals surface area contributed by atoms with Gasteiger partial charge >= 0.3 is 18.0 Å². The zero-order chi connectivity index (χ0) is 20.7. The van der Waals surface area contributed by atoms with Crippen LogP contribution in [0.2, 0.25) is 0 Å². The topological polar surface area (TPSA) is 85.5 Å². The van der Waals surface area contributed by atoms with Crippen molar-refractivity contribution < 1.29 is 32.1 Å². The normalized spacial score (nSPS) is 11.5. The van der Waals surface area contributed by atoms with Gasteiger partial charge in [-0.1, -0.05) is 43.3 Å². The van der Waals surface area contributed by atoms with Gasteiger partial charge in [0.25, 0.3) is 0 Å². The summed E-state index contributed by atoms with van der Waals surface area (Å²) in [6.45, 7) is 3.95. The summed E-state index contributed by atoms with van der Waals surface area (Å²) in [4.78, 5) is 32.8. The van der Waals surface area contributed by atoms with Crippen molar-refractivity contribution in [3.05, 3.63) is 35.7 Å². The minimum Gasteiger partial charge on any atom is -0.329 e. The van der Waals surface area contributed by atoms with E-state index in [9.17, 15) is 22.8 Å². The second-order valence-electron chi connectivity index (χ2n) is 5.97. The van der Waals surface area contributed by atoms with Crippen LogP contribution in [0.5, 0.6) is 0 Å². The molecule has 0 unspecified atom stereocenters. The number of ketones is 1. The van der Waals surface area contributed by atoms with Gasteiger partial charge in [-0.2, -0.15) is 18.2 Å². The molecule has 0 saturated heterocycles. The SMILES string of the molecule is CCCON(Cc1ccc(-c2noc(C(F)(F)F)n2)cc1)C(=O)C(=O)CCC. The Labute approximate surface area is 159 Å². The van der Waals surface area contributed by atoms with E-state index in [1.54, 1.807) is 19.1 Å². The maximum absolute atomic E-state index is 12.5. The molecule has 0 saturated carbocycles. The molecule has 7 nitrogen and oxygen atoms in total. The number of carbonyl (C=O) groups is 2. The highest BCUT2D eigenvalue weighted by Crippen LogP contribution is 2.29.